The monoisotopic (exact) mass is 290 g/mol. The van der Waals surface area contributed by atoms with Gasteiger partial charge in [0.2, 0.25) is 5.91 Å². The fraction of sp³-hybridized carbons (Fsp3) is 0.562. The van der Waals surface area contributed by atoms with Gasteiger partial charge in [0, 0.05) is 17.8 Å². The fourth-order valence-corrected chi connectivity index (χ4v) is 2.85. The van der Waals surface area contributed by atoms with Crippen molar-refractivity contribution in [2.24, 2.45) is 0 Å². The molecule has 3 rings (SSSR count). The van der Waals surface area contributed by atoms with Gasteiger partial charge in [0.05, 0.1) is 0 Å². The number of nitrogens with one attached hydrogen (secondary N) is 2. The number of anilines is 1. The molecule has 1 aliphatic heterocycles. The van der Waals surface area contributed by atoms with Gasteiger partial charge in [-0.15, -0.1) is 0 Å². The fourth-order valence-electron chi connectivity index (χ4n) is 2.85. The molecule has 1 aromatic carbocycles. The Morgan fingerprint density at radius 3 is 2.67 bits per heavy atom. The standard InChI is InChI=1S/C16H22N2O3/c1-11(16(19)18-12-4-2-3-5-12)17-13-6-7-14-15(10-13)21-9-8-20-14/h6-7,10-12,17H,2-5,8-9H2,1H3,(H,18,19)/t11-/m0/s1. The van der Waals surface area contributed by atoms with E-state index in [4.69, 9.17) is 9.47 Å². The smallest absolute Gasteiger partial charge is 0.242 e. The largest absolute Gasteiger partial charge is 0.486 e. The SMILES string of the molecule is C[C@H](Nc1ccc2c(c1)OCCO2)C(=O)NC1CCCC1. The van der Waals surface area contributed by atoms with Crippen LogP contribution in [0, 0.1) is 0 Å². The van der Waals surface area contributed by atoms with Gasteiger partial charge in [-0.05, 0) is 31.9 Å². The molecule has 1 atom stereocenters. The Balaban J connectivity index is 1.58. The third-order valence-electron chi connectivity index (χ3n) is 4.02. The molecule has 1 amide bonds. The molecule has 0 bridgehead atoms. The van der Waals surface area contributed by atoms with Crippen LogP contribution >= 0.6 is 0 Å². The first kappa shape index (κ1) is 14.0. The predicted molar refractivity (Wildman–Crippen MR) is 80.9 cm³/mol. The number of fused-ring (bicyclic) bond motifs is 1. The minimum Gasteiger partial charge on any atom is -0.486 e. The molecular formula is C16H22N2O3. The average molecular weight is 290 g/mol. The van der Waals surface area contributed by atoms with Crippen LogP contribution in [0.5, 0.6) is 11.5 Å². The van der Waals surface area contributed by atoms with Crippen LogP contribution in [0.15, 0.2) is 18.2 Å². The Morgan fingerprint density at radius 1 is 1.19 bits per heavy atom. The van der Waals surface area contributed by atoms with Crippen molar-refractivity contribution in [1.82, 2.24) is 5.32 Å². The summed E-state index contributed by atoms with van der Waals surface area (Å²) in [5, 5.41) is 6.32. The lowest BCUT2D eigenvalue weighted by Crippen LogP contribution is -2.42. The van der Waals surface area contributed by atoms with Gasteiger partial charge < -0.3 is 20.1 Å². The normalized spacial score (nSPS) is 19.1. The Labute approximate surface area is 125 Å². The zero-order valence-electron chi connectivity index (χ0n) is 12.4. The van der Waals surface area contributed by atoms with Gasteiger partial charge in [-0.2, -0.15) is 0 Å². The first-order chi connectivity index (χ1) is 10.2. The molecule has 0 saturated heterocycles. The molecule has 1 heterocycles. The van der Waals surface area contributed by atoms with Gasteiger partial charge in [0.1, 0.15) is 19.3 Å². The van der Waals surface area contributed by atoms with Gasteiger partial charge in [0.15, 0.2) is 11.5 Å². The molecule has 1 aromatic rings. The van der Waals surface area contributed by atoms with E-state index in [1.165, 1.54) is 12.8 Å². The maximum atomic E-state index is 12.2. The van der Waals surface area contributed by atoms with E-state index in [-0.39, 0.29) is 11.9 Å². The molecule has 0 radical (unpaired) electrons. The lowest BCUT2D eigenvalue weighted by atomic mass is 10.2. The molecule has 0 spiro atoms. The van der Waals surface area contributed by atoms with Crippen LogP contribution < -0.4 is 20.1 Å². The Hall–Kier alpha value is -1.91. The van der Waals surface area contributed by atoms with E-state index in [1.54, 1.807) is 0 Å². The predicted octanol–water partition coefficient (Wildman–Crippen LogP) is 2.32. The molecule has 2 aliphatic rings. The Kier molecular flexibility index (Phi) is 4.18. The number of rotatable bonds is 4. The molecule has 0 unspecified atom stereocenters. The summed E-state index contributed by atoms with van der Waals surface area (Å²) in [6, 6.07) is 5.74. The molecule has 5 heteroatoms. The highest BCUT2D eigenvalue weighted by Crippen LogP contribution is 2.32. The van der Waals surface area contributed by atoms with Crippen molar-refractivity contribution < 1.29 is 14.3 Å². The molecule has 114 valence electrons. The average Bonchev–Trinajstić information content (AvgIpc) is 3.00. The van der Waals surface area contributed by atoms with Gasteiger partial charge in [0.25, 0.3) is 0 Å². The van der Waals surface area contributed by atoms with Crippen molar-refractivity contribution in [2.45, 2.75) is 44.7 Å². The van der Waals surface area contributed by atoms with Crippen LogP contribution in [0.4, 0.5) is 5.69 Å². The first-order valence-corrected chi connectivity index (χ1v) is 7.69. The number of carbonyl (C=O) groups excluding carboxylic acids is 1. The molecule has 1 fully saturated rings. The summed E-state index contributed by atoms with van der Waals surface area (Å²) in [4.78, 5) is 12.2. The highest BCUT2D eigenvalue weighted by atomic mass is 16.6. The van der Waals surface area contributed by atoms with E-state index in [9.17, 15) is 4.79 Å². The van der Waals surface area contributed by atoms with E-state index in [0.29, 0.717) is 19.3 Å². The van der Waals surface area contributed by atoms with Gasteiger partial charge in [-0.25, -0.2) is 0 Å². The molecule has 0 aromatic heterocycles. The van der Waals surface area contributed by atoms with E-state index in [0.717, 1.165) is 30.0 Å². The maximum absolute atomic E-state index is 12.2. The zero-order valence-corrected chi connectivity index (χ0v) is 12.4. The number of carbonyl (C=O) groups is 1. The third kappa shape index (κ3) is 3.40. The third-order valence-corrected chi connectivity index (χ3v) is 4.02. The highest BCUT2D eigenvalue weighted by Gasteiger charge is 2.21. The molecule has 21 heavy (non-hydrogen) atoms. The highest BCUT2D eigenvalue weighted by molar-refractivity contribution is 5.84. The number of hydrogen-bond donors (Lipinski definition) is 2. The summed E-state index contributed by atoms with van der Waals surface area (Å²) >= 11 is 0. The minimum atomic E-state index is -0.270. The molecule has 2 N–H and O–H groups in total. The van der Waals surface area contributed by atoms with Gasteiger partial charge in [-0.3, -0.25) is 4.79 Å². The molecule has 5 nitrogen and oxygen atoms in total. The van der Waals surface area contributed by atoms with Crippen molar-refractivity contribution in [1.29, 1.82) is 0 Å². The van der Waals surface area contributed by atoms with Crippen LogP contribution in [0.1, 0.15) is 32.6 Å². The van der Waals surface area contributed by atoms with Crippen molar-refractivity contribution in [3.63, 3.8) is 0 Å². The summed E-state index contributed by atoms with van der Waals surface area (Å²) in [6.07, 6.45) is 4.63. The summed E-state index contributed by atoms with van der Waals surface area (Å²) in [5.74, 6) is 1.54. The summed E-state index contributed by atoms with van der Waals surface area (Å²) < 4.78 is 11.0. The Morgan fingerprint density at radius 2 is 1.90 bits per heavy atom. The molecular weight excluding hydrogens is 268 g/mol. The van der Waals surface area contributed by atoms with Crippen molar-refractivity contribution >= 4 is 11.6 Å². The van der Waals surface area contributed by atoms with Crippen molar-refractivity contribution in [3.05, 3.63) is 18.2 Å². The van der Waals surface area contributed by atoms with Crippen LogP contribution in [-0.4, -0.2) is 31.2 Å². The minimum absolute atomic E-state index is 0.0526. The number of ether oxygens (including phenoxy) is 2. The van der Waals surface area contributed by atoms with Gasteiger partial charge >= 0.3 is 0 Å². The van der Waals surface area contributed by atoms with Crippen LogP contribution in [0.25, 0.3) is 0 Å². The maximum Gasteiger partial charge on any atom is 0.242 e. The summed E-state index contributed by atoms with van der Waals surface area (Å²) in [6.45, 7) is 3.02. The van der Waals surface area contributed by atoms with E-state index < -0.39 is 0 Å². The quantitative estimate of drug-likeness (QED) is 0.893. The summed E-state index contributed by atoms with van der Waals surface area (Å²) in [5.41, 5.74) is 0.869. The van der Waals surface area contributed by atoms with Crippen molar-refractivity contribution in [3.8, 4) is 11.5 Å². The number of benzene rings is 1. The molecule has 1 saturated carbocycles. The van der Waals surface area contributed by atoms with E-state index in [2.05, 4.69) is 10.6 Å². The lowest BCUT2D eigenvalue weighted by Gasteiger charge is -2.21. The second kappa shape index (κ2) is 6.24. The second-order valence-corrected chi connectivity index (χ2v) is 5.71. The van der Waals surface area contributed by atoms with Crippen LogP contribution in [0.2, 0.25) is 0 Å². The second-order valence-electron chi connectivity index (χ2n) is 5.71. The zero-order chi connectivity index (χ0) is 14.7. The topological polar surface area (TPSA) is 59.6 Å². The van der Waals surface area contributed by atoms with Crippen molar-refractivity contribution in [2.75, 3.05) is 18.5 Å². The molecule has 1 aliphatic carbocycles. The van der Waals surface area contributed by atoms with Crippen LogP contribution in [0.3, 0.4) is 0 Å². The summed E-state index contributed by atoms with van der Waals surface area (Å²) in [7, 11) is 0. The lowest BCUT2D eigenvalue weighted by molar-refractivity contribution is -0.122. The van der Waals surface area contributed by atoms with E-state index in [1.807, 2.05) is 25.1 Å². The number of amides is 1. The number of hydrogen-bond acceptors (Lipinski definition) is 4. The van der Waals surface area contributed by atoms with Crippen LogP contribution in [-0.2, 0) is 4.79 Å². The Bertz CT molecular complexity index is 512. The first-order valence-electron chi connectivity index (χ1n) is 7.69. The van der Waals surface area contributed by atoms with Gasteiger partial charge in [-0.1, -0.05) is 12.8 Å². The van der Waals surface area contributed by atoms with E-state index >= 15 is 0 Å².